The number of anilines is 2. The van der Waals surface area contributed by atoms with Gasteiger partial charge in [-0.1, -0.05) is 12.1 Å². The number of amides is 3. The van der Waals surface area contributed by atoms with Crippen molar-refractivity contribution < 1.29 is 14.4 Å². The van der Waals surface area contributed by atoms with Crippen molar-refractivity contribution in [1.29, 1.82) is 0 Å². The average Bonchev–Trinajstić information content (AvgIpc) is 2.83. The number of nitrogens with one attached hydrogen (secondary N) is 4. The average molecular weight is 391 g/mol. The molecular weight excluding hydrogens is 374 g/mol. The third-order valence-electron chi connectivity index (χ3n) is 4.64. The largest absolute Gasteiger partial charge is 0.340 e. The number of carbonyl (C=O) groups is 3. The number of aromatic amines is 1. The third-order valence-corrected chi connectivity index (χ3v) is 4.64. The van der Waals surface area contributed by atoms with Crippen LogP contribution in [-0.2, 0) is 9.59 Å². The monoisotopic (exact) mass is 391 g/mol. The Kier molecular flexibility index (Phi) is 4.78. The van der Waals surface area contributed by atoms with Crippen molar-refractivity contribution >= 4 is 40.0 Å². The summed E-state index contributed by atoms with van der Waals surface area (Å²) >= 11 is 0. The predicted molar refractivity (Wildman–Crippen MR) is 107 cm³/mol. The summed E-state index contributed by atoms with van der Waals surface area (Å²) in [7, 11) is 0. The molecule has 0 radical (unpaired) electrons. The minimum atomic E-state index is -0.829. The number of hydrogen-bond donors (Lipinski definition) is 4. The lowest BCUT2D eigenvalue weighted by Crippen LogP contribution is -2.41. The van der Waals surface area contributed by atoms with E-state index in [0.29, 0.717) is 27.8 Å². The van der Waals surface area contributed by atoms with E-state index >= 15 is 0 Å². The summed E-state index contributed by atoms with van der Waals surface area (Å²) in [6, 6.07) is 10.7. The Labute approximate surface area is 164 Å². The van der Waals surface area contributed by atoms with Crippen molar-refractivity contribution in [3.8, 4) is 0 Å². The highest BCUT2D eigenvalue weighted by molar-refractivity contribution is 6.10. The molecule has 3 aromatic rings. The smallest absolute Gasteiger partial charge is 0.258 e. The van der Waals surface area contributed by atoms with Gasteiger partial charge in [0.05, 0.1) is 28.5 Å². The summed E-state index contributed by atoms with van der Waals surface area (Å²) in [5, 5.41) is 8.41. The number of hydrogen-bond acceptors (Lipinski definition) is 5. The lowest BCUT2D eigenvalue weighted by atomic mass is 10.1. The maximum absolute atomic E-state index is 12.4. The molecule has 0 spiro atoms. The summed E-state index contributed by atoms with van der Waals surface area (Å²) in [4.78, 5) is 55.4. The highest BCUT2D eigenvalue weighted by Crippen LogP contribution is 2.19. The number of carbonyl (C=O) groups excluding carboxylic acids is 3. The number of para-hydroxylation sites is 1. The van der Waals surface area contributed by atoms with E-state index in [9.17, 15) is 19.2 Å². The number of H-pyrrole nitrogens is 1. The van der Waals surface area contributed by atoms with Crippen LogP contribution in [0.3, 0.4) is 0 Å². The molecule has 0 bridgehead atoms. The molecule has 1 aliphatic heterocycles. The summed E-state index contributed by atoms with van der Waals surface area (Å²) < 4.78 is 0. The molecule has 4 N–H and O–H groups in total. The van der Waals surface area contributed by atoms with E-state index in [4.69, 9.17) is 0 Å². The zero-order chi connectivity index (χ0) is 20.4. The van der Waals surface area contributed by atoms with Crippen molar-refractivity contribution in [3.63, 3.8) is 0 Å². The van der Waals surface area contributed by atoms with E-state index in [0.717, 1.165) is 0 Å². The molecule has 2 aromatic carbocycles. The van der Waals surface area contributed by atoms with E-state index in [1.807, 2.05) is 0 Å². The zero-order valence-electron chi connectivity index (χ0n) is 15.2. The first-order chi connectivity index (χ1) is 14.0. The minimum Gasteiger partial charge on any atom is -0.340 e. The van der Waals surface area contributed by atoms with Crippen molar-refractivity contribution in [2.24, 2.45) is 0 Å². The maximum Gasteiger partial charge on any atom is 0.258 e. The van der Waals surface area contributed by atoms with Gasteiger partial charge in [-0.15, -0.1) is 0 Å². The first kappa shape index (κ1) is 18.4. The summed E-state index contributed by atoms with van der Waals surface area (Å²) in [6.45, 7) is 0. The van der Waals surface area contributed by atoms with Gasteiger partial charge in [-0.25, -0.2) is 4.98 Å². The zero-order valence-corrected chi connectivity index (χ0v) is 15.2. The molecular formula is C20H17N5O4. The Morgan fingerprint density at radius 3 is 2.79 bits per heavy atom. The third kappa shape index (κ3) is 3.84. The second kappa shape index (κ2) is 7.55. The SMILES string of the molecule is O=C(CCC1NC(=O)c2ccccc2NC1=O)Nc1ccc2nc[nH]c(=O)c2c1. The Morgan fingerprint density at radius 2 is 1.93 bits per heavy atom. The molecule has 0 fully saturated rings. The molecule has 29 heavy (non-hydrogen) atoms. The normalized spacial score (nSPS) is 15.8. The topological polar surface area (TPSA) is 133 Å². The van der Waals surface area contributed by atoms with Gasteiger partial charge < -0.3 is 20.9 Å². The van der Waals surface area contributed by atoms with Crippen molar-refractivity contribution in [1.82, 2.24) is 15.3 Å². The Hall–Kier alpha value is -4.01. The Morgan fingerprint density at radius 1 is 1.10 bits per heavy atom. The number of nitrogens with zero attached hydrogens (tertiary/aromatic N) is 1. The molecule has 0 saturated heterocycles. The van der Waals surface area contributed by atoms with Crippen LogP contribution in [0.1, 0.15) is 23.2 Å². The highest BCUT2D eigenvalue weighted by Gasteiger charge is 2.27. The van der Waals surface area contributed by atoms with Crippen molar-refractivity contribution in [2.45, 2.75) is 18.9 Å². The molecule has 1 unspecified atom stereocenters. The van der Waals surface area contributed by atoms with Gasteiger partial charge in [-0.3, -0.25) is 19.2 Å². The summed E-state index contributed by atoms with van der Waals surface area (Å²) in [5.74, 6) is -1.08. The van der Waals surface area contributed by atoms with Crippen LogP contribution in [0.4, 0.5) is 11.4 Å². The highest BCUT2D eigenvalue weighted by atomic mass is 16.2. The van der Waals surface area contributed by atoms with Crippen LogP contribution in [0.2, 0.25) is 0 Å². The fraction of sp³-hybridized carbons (Fsp3) is 0.150. The molecule has 4 rings (SSSR count). The van der Waals surface area contributed by atoms with Gasteiger partial charge >= 0.3 is 0 Å². The van der Waals surface area contributed by atoms with Crippen molar-refractivity contribution in [2.75, 3.05) is 10.6 Å². The van der Waals surface area contributed by atoms with E-state index in [1.54, 1.807) is 36.4 Å². The summed E-state index contributed by atoms with van der Waals surface area (Å²) in [6.07, 6.45) is 1.45. The van der Waals surface area contributed by atoms with Gasteiger partial charge in [0, 0.05) is 12.1 Å². The van der Waals surface area contributed by atoms with E-state index < -0.39 is 6.04 Å². The van der Waals surface area contributed by atoms with Crippen LogP contribution in [0.5, 0.6) is 0 Å². The Balaban J connectivity index is 1.41. The van der Waals surface area contributed by atoms with Gasteiger partial charge in [0.25, 0.3) is 11.5 Å². The number of fused-ring (bicyclic) bond motifs is 2. The molecule has 1 aromatic heterocycles. The molecule has 2 heterocycles. The molecule has 1 aliphatic rings. The van der Waals surface area contributed by atoms with Crippen LogP contribution in [0.25, 0.3) is 10.9 Å². The quantitative estimate of drug-likeness (QED) is 0.533. The van der Waals surface area contributed by atoms with Gasteiger partial charge in [-0.2, -0.15) is 0 Å². The Bertz CT molecular complexity index is 1190. The van der Waals surface area contributed by atoms with Crippen molar-refractivity contribution in [3.05, 3.63) is 64.7 Å². The fourth-order valence-corrected chi connectivity index (χ4v) is 3.16. The molecule has 9 heteroatoms. The molecule has 3 amide bonds. The van der Waals surface area contributed by atoms with Crippen LogP contribution in [-0.4, -0.2) is 33.7 Å². The molecule has 1 atom stereocenters. The summed E-state index contributed by atoms with van der Waals surface area (Å²) in [5.41, 5.74) is 1.48. The predicted octanol–water partition coefficient (Wildman–Crippen LogP) is 1.39. The number of rotatable bonds is 4. The minimum absolute atomic E-state index is 0.0101. The standard InChI is InChI=1S/C20H17N5O4/c26-17(23-11-5-6-14-13(9-11)18(27)22-10-21-14)8-7-16-20(29)24-15-4-2-1-3-12(15)19(28)25-16/h1-6,9-10,16H,7-8H2,(H,23,26)(H,24,29)(H,25,28)(H,21,22,27). The van der Waals surface area contributed by atoms with Gasteiger partial charge in [0.1, 0.15) is 6.04 Å². The first-order valence-corrected chi connectivity index (χ1v) is 8.99. The van der Waals surface area contributed by atoms with Gasteiger partial charge in [0.15, 0.2) is 0 Å². The van der Waals surface area contributed by atoms with Crippen LogP contribution in [0.15, 0.2) is 53.6 Å². The number of aromatic nitrogens is 2. The molecule has 0 aliphatic carbocycles. The van der Waals surface area contributed by atoms with E-state index in [2.05, 4.69) is 25.9 Å². The second-order valence-electron chi connectivity index (χ2n) is 6.61. The van der Waals surface area contributed by atoms with Crippen LogP contribution in [0, 0.1) is 0 Å². The fourth-order valence-electron chi connectivity index (χ4n) is 3.16. The maximum atomic E-state index is 12.4. The molecule has 0 saturated carbocycles. The second-order valence-corrected chi connectivity index (χ2v) is 6.61. The lowest BCUT2D eigenvalue weighted by molar-refractivity contribution is -0.118. The number of benzene rings is 2. The molecule has 9 nitrogen and oxygen atoms in total. The van der Waals surface area contributed by atoms with Gasteiger partial charge in [-0.05, 0) is 36.8 Å². The van der Waals surface area contributed by atoms with E-state index in [1.165, 1.54) is 12.4 Å². The van der Waals surface area contributed by atoms with Crippen LogP contribution >= 0.6 is 0 Å². The van der Waals surface area contributed by atoms with Gasteiger partial charge in [0.2, 0.25) is 11.8 Å². The molecule has 146 valence electrons. The first-order valence-electron chi connectivity index (χ1n) is 8.99. The van der Waals surface area contributed by atoms with Crippen LogP contribution < -0.4 is 21.5 Å². The lowest BCUT2D eigenvalue weighted by Gasteiger charge is -2.14. The van der Waals surface area contributed by atoms with E-state index in [-0.39, 0.29) is 36.1 Å².